The molecular formula is C12H24N2O2. The molecule has 1 aliphatic rings. The first kappa shape index (κ1) is 13.3. The molecule has 2 N–H and O–H groups in total. The lowest BCUT2D eigenvalue weighted by atomic mass is 10.2. The van der Waals surface area contributed by atoms with E-state index >= 15 is 0 Å². The van der Waals surface area contributed by atoms with Crippen LogP contribution in [0.3, 0.4) is 0 Å². The van der Waals surface area contributed by atoms with Crippen molar-refractivity contribution in [1.29, 1.82) is 0 Å². The average Bonchev–Trinajstić information content (AvgIpc) is 3.07. The van der Waals surface area contributed by atoms with E-state index in [2.05, 4.69) is 12.2 Å². The van der Waals surface area contributed by atoms with E-state index in [1.165, 1.54) is 0 Å². The lowest BCUT2D eigenvalue weighted by molar-refractivity contribution is 0.113. The second-order valence-electron chi connectivity index (χ2n) is 4.72. The number of aliphatic hydroxyl groups is 1. The molecule has 1 fully saturated rings. The number of carbonyl (C=O) groups excluding carboxylic acids is 1. The highest BCUT2D eigenvalue weighted by Crippen LogP contribution is 2.32. The topological polar surface area (TPSA) is 52.6 Å². The van der Waals surface area contributed by atoms with Crippen LogP contribution in [0.25, 0.3) is 0 Å². The first-order chi connectivity index (χ1) is 7.65. The molecule has 0 aliphatic heterocycles. The number of nitrogens with zero attached hydrogens (tertiary/aromatic N) is 1. The molecule has 0 bridgehead atoms. The molecule has 0 saturated heterocycles. The number of carbonyl (C=O) groups is 1. The maximum atomic E-state index is 11.6. The molecule has 0 spiro atoms. The maximum Gasteiger partial charge on any atom is 0.317 e. The van der Waals surface area contributed by atoms with Crippen molar-refractivity contribution in [2.45, 2.75) is 45.1 Å². The van der Waals surface area contributed by atoms with Crippen molar-refractivity contribution in [1.82, 2.24) is 10.2 Å². The largest absolute Gasteiger partial charge is 0.391 e. The second-order valence-corrected chi connectivity index (χ2v) is 4.72. The predicted molar refractivity (Wildman–Crippen MR) is 64.3 cm³/mol. The molecular weight excluding hydrogens is 204 g/mol. The lowest BCUT2D eigenvalue weighted by Gasteiger charge is -2.21. The molecule has 1 atom stereocenters. The number of hydrogen-bond acceptors (Lipinski definition) is 2. The number of urea groups is 1. The van der Waals surface area contributed by atoms with Gasteiger partial charge in [-0.1, -0.05) is 19.8 Å². The van der Waals surface area contributed by atoms with Crippen LogP contribution in [-0.4, -0.2) is 42.3 Å². The minimum absolute atomic E-state index is 0.0733. The van der Waals surface area contributed by atoms with Gasteiger partial charge in [-0.2, -0.15) is 0 Å². The van der Waals surface area contributed by atoms with Crippen LogP contribution in [0, 0.1) is 5.92 Å². The fourth-order valence-electron chi connectivity index (χ4n) is 1.70. The highest BCUT2D eigenvalue weighted by molar-refractivity contribution is 5.73. The zero-order valence-electron chi connectivity index (χ0n) is 10.4. The number of aliphatic hydroxyl groups excluding tert-OH is 1. The quantitative estimate of drug-likeness (QED) is 0.650. The van der Waals surface area contributed by atoms with Crippen molar-refractivity contribution in [3.63, 3.8) is 0 Å². The third-order valence-corrected chi connectivity index (χ3v) is 3.03. The Balaban J connectivity index is 2.09. The molecule has 0 radical (unpaired) electrons. The zero-order valence-corrected chi connectivity index (χ0v) is 10.4. The lowest BCUT2D eigenvalue weighted by Crippen LogP contribution is -2.42. The van der Waals surface area contributed by atoms with Crippen molar-refractivity contribution in [3.8, 4) is 0 Å². The summed E-state index contributed by atoms with van der Waals surface area (Å²) in [6, 6.07) is -0.0733. The van der Waals surface area contributed by atoms with Crippen LogP contribution in [0.4, 0.5) is 4.79 Å². The van der Waals surface area contributed by atoms with Gasteiger partial charge in [0.15, 0.2) is 0 Å². The molecule has 4 nitrogen and oxygen atoms in total. The Hall–Kier alpha value is -0.770. The molecule has 4 heteroatoms. The van der Waals surface area contributed by atoms with Crippen molar-refractivity contribution in [3.05, 3.63) is 0 Å². The zero-order chi connectivity index (χ0) is 12.0. The number of unbranched alkanes of at least 4 members (excludes halogenated alkanes) is 2. The SMILES string of the molecule is CCCCCNC(=O)N(C)C[C@H](O)C1CC1. The van der Waals surface area contributed by atoms with Gasteiger partial charge >= 0.3 is 6.03 Å². The van der Waals surface area contributed by atoms with Crippen LogP contribution in [0.2, 0.25) is 0 Å². The summed E-state index contributed by atoms with van der Waals surface area (Å²) >= 11 is 0. The summed E-state index contributed by atoms with van der Waals surface area (Å²) < 4.78 is 0. The van der Waals surface area contributed by atoms with Gasteiger partial charge in [0.2, 0.25) is 0 Å². The Morgan fingerprint density at radius 1 is 1.50 bits per heavy atom. The highest BCUT2D eigenvalue weighted by Gasteiger charge is 2.30. The summed E-state index contributed by atoms with van der Waals surface area (Å²) in [5, 5.41) is 12.6. The van der Waals surface area contributed by atoms with E-state index in [0.29, 0.717) is 12.5 Å². The Labute approximate surface area is 98.0 Å². The first-order valence-corrected chi connectivity index (χ1v) is 6.32. The smallest absolute Gasteiger partial charge is 0.317 e. The molecule has 0 unspecified atom stereocenters. The third kappa shape index (κ3) is 4.84. The van der Waals surface area contributed by atoms with Crippen molar-refractivity contribution in [2.24, 2.45) is 5.92 Å². The van der Waals surface area contributed by atoms with E-state index in [1.54, 1.807) is 11.9 Å². The number of nitrogens with one attached hydrogen (secondary N) is 1. The fraction of sp³-hybridized carbons (Fsp3) is 0.917. The Bertz CT molecular complexity index is 217. The molecule has 94 valence electrons. The van der Waals surface area contributed by atoms with Crippen LogP contribution >= 0.6 is 0 Å². The highest BCUT2D eigenvalue weighted by atomic mass is 16.3. The van der Waals surface area contributed by atoms with Gasteiger partial charge < -0.3 is 15.3 Å². The second kappa shape index (κ2) is 6.74. The number of rotatable bonds is 7. The van der Waals surface area contributed by atoms with Crippen molar-refractivity contribution in [2.75, 3.05) is 20.1 Å². The van der Waals surface area contributed by atoms with Gasteiger partial charge in [-0.05, 0) is 25.2 Å². The summed E-state index contributed by atoms with van der Waals surface area (Å²) in [5.41, 5.74) is 0. The number of amides is 2. The molecule has 1 aliphatic carbocycles. The molecule has 16 heavy (non-hydrogen) atoms. The Morgan fingerprint density at radius 2 is 2.19 bits per heavy atom. The fourth-order valence-corrected chi connectivity index (χ4v) is 1.70. The minimum atomic E-state index is -0.341. The first-order valence-electron chi connectivity index (χ1n) is 6.32. The average molecular weight is 228 g/mol. The van der Waals surface area contributed by atoms with Crippen LogP contribution < -0.4 is 5.32 Å². The van der Waals surface area contributed by atoms with E-state index in [4.69, 9.17) is 0 Å². The van der Waals surface area contributed by atoms with Gasteiger partial charge in [0.05, 0.1) is 6.10 Å². The molecule has 0 aromatic rings. The van der Waals surface area contributed by atoms with Crippen LogP contribution in [0.15, 0.2) is 0 Å². The van der Waals surface area contributed by atoms with E-state index in [0.717, 1.165) is 38.6 Å². The Morgan fingerprint density at radius 3 is 2.75 bits per heavy atom. The molecule has 1 rings (SSSR count). The van der Waals surface area contributed by atoms with Gasteiger partial charge in [0.25, 0.3) is 0 Å². The summed E-state index contributed by atoms with van der Waals surface area (Å²) in [6.45, 7) is 3.32. The normalized spacial score (nSPS) is 16.9. The van der Waals surface area contributed by atoms with E-state index in [-0.39, 0.29) is 12.1 Å². The van der Waals surface area contributed by atoms with E-state index in [9.17, 15) is 9.90 Å². The minimum Gasteiger partial charge on any atom is -0.391 e. The van der Waals surface area contributed by atoms with Crippen molar-refractivity contribution >= 4 is 6.03 Å². The number of hydrogen-bond donors (Lipinski definition) is 2. The van der Waals surface area contributed by atoms with Gasteiger partial charge in [0, 0.05) is 20.1 Å². The molecule has 1 saturated carbocycles. The Kier molecular flexibility index (Phi) is 5.60. The predicted octanol–water partition coefficient (Wildman–Crippen LogP) is 1.59. The molecule has 2 amide bonds. The maximum absolute atomic E-state index is 11.6. The standard InChI is InChI=1S/C12H24N2O2/c1-3-4-5-8-13-12(16)14(2)9-11(15)10-6-7-10/h10-11,15H,3-9H2,1-2H3,(H,13,16)/t11-/m0/s1. The van der Waals surface area contributed by atoms with Gasteiger partial charge in [-0.3, -0.25) is 0 Å². The van der Waals surface area contributed by atoms with Gasteiger partial charge in [0.1, 0.15) is 0 Å². The summed E-state index contributed by atoms with van der Waals surface area (Å²) in [5.74, 6) is 0.426. The number of likely N-dealkylation sites (N-methyl/N-ethyl adjacent to an activating group) is 1. The van der Waals surface area contributed by atoms with Crippen molar-refractivity contribution < 1.29 is 9.90 Å². The summed E-state index contributed by atoms with van der Waals surface area (Å²) in [4.78, 5) is 13.2. The molecule has 0 heterocycles. The molecule has 0 aromatic carbocycles. The molecule has 0 aromatic heterocycles. The summed E-state index contributed by atoms with van der Waals surface area (Å²) in [7, 11) is 1.74. The van der Waals surface area contributed by atoms with E-state index < -0.39 is 0 Å². The van der Waals surface area contributed by atoms with E-state index in [1.807, 2.05) is 0 Å². The summed E-state index contributed by atoms with van der Waals surface area (Å²) in [6.07, 6.45) is 5.20. The van der Waals surface area contributed by atoms with Crippen LogP contribution in [0.1, 0.15) is 39.0 Å². The monoisotopic (exact) mass is 228 g/mol. The van der Waals surface area contributed by atoms with Crippen LogP contribution in [0.5, 0.6) is 0 Å². The van der Waals surface area contributed by atoms with Crippen LogP contribution in [-0.2, 0) is 0 Å². The van der Waals surface area contributed by atoms with Gasteiger partial charge in [-0.15, -0.1) is 0 Å². The van der Waals surface area contributed by atoms with Gasteiger partial charge in [-0.25, -0.2) is 4.79 Å². The third-order valence-electron chi connectivity index (χ3n) is 3.03.